The summed E-state index contributed by atoms with van der Waals surface area (Å²) in [6.45, 7) is 1.08. The lowest BCUT2D eigenvalue weighted by Gasteiger charge is -2.07. The number of allylic oxidation sites excluding steroid dienone is 1. The van der Waals surface area contributed by atoms with Crippen LogP contribution in [0.4, 0.5) is 0 Å². The topological polar surface area (TPSA) is 40.5 Å². The number of aliphatic hydroxyl groups is 1. The van der Waals surface area contributed by atoms with Gasteiger partial charge >= 0.3 is 0 Å². The molecule has 3 nitrogen and oxygen atoms in total. The van der Waals surface area contributed by atoms with E-state index >= 15 is 0 Å². The molecule has 0 atom stereocenters. The minimum absolute atomic E-state index is 0.0504. The number of ketones is 1. The number of hydrogen-bond acceptors (Lipinski definition) is 3. The van der Waals surface area contributed by atoms with Gasteiger partial charge in [0.1, 0.15) is 0 Å². The highest BCUT2D eigenvalue weighted by Gasteiger charge is 1.98. The molecule has 0 saturated heterocycles. The van der Waals surface area contributed by atoms with Crippen LogP contribution in [0.25, 0.3) is 6.08 Å². The normalized spacial score (nSPS) is 11.4. The van der Waals surface area contributed by atoms with E-state index in [-0.39, 0.29) is 12.4 Å². The Kier molecular flexibility index (Phi) is 7.08. The molecule has 0 unspecified atom stereocenters. The van der Waals surface area contributed by atoms with Crippen molar-refractivity contribution < 1.29 is 9.90 Å². The second-order valence-electron chi connectivity index (χ2n) is 4.96. The second-order valence-corrected chi connectivity index (χ2v) is 4.96. The van der Waals surface area contributed by atoms with Gasteiger partial charge in [0.2, 0.25) is 0 Å². The first-order chi connectivity index (χ1) is 9.11. The third-order valence-electron chi connectivity index (χ3n) is 2.90. The van der Waals surface area contributed by atoms with Crippen LogP contribution in [0, 0.1) is 0 Å². The van der Waals surface area contributed by atoms with Crippen LogP contribution in [0.3, 0.4) is 0 Å². The maximum atomic E-state index is 11.6. The summed E-state index contributed by atoms with van der Waals surface area (Å²) in [4.78, 5) is 13.8. The third kappa shape index (κ3) is 6.89. The fourth-order valence-corrected chi connectivity index (χ4v) is 1.73. The molecule has 0 radical (unpaired) electrons. The molecule has 0 aromatic heterocycles. The molecule has 3 heteroatoms. The Morgan fingerprint density at radius 3 is 2.47 bits per heavy atom. The van der Waals surface area contributed by atoms with Gasteiger partial charge in [-0.05, 0) is 50.7 Å². The molecule has 0 aliphatic heterocycles. The number of carbonyl (C=O) groups excluding carboxylic acids is 1. The number of benzene rings is 1. The first kappa shape index (κ1) is 15.6. The minimum Gasteiger partial charge on any atom is -0.392 e. The number of carbonyl (C=O) groups is 1. The van der Waals surface area contributed by atoms with E-state index in [4.69, 9.17) is 5.11 Å². The molecule has 19 heavy (non-hydrogen) atoms. The van der Waals surface area contributed by atoms with Gasteiger partial charge in [-0.15, -0.1) is 0 Å². The van der Waals surface area contributed by atoms with Crippen LogP contribution in [0.15, 0.2) is 30.3 Å². The molecule has 0 heterocycles. The van der Waals surface area contributed by atoms with E-state index in [1.165, 1.54) is 0 Å². The van der Waals surface area contributed by atoms with E-state index in [1.807, 2.05) is 44.4 Å². The maximum Gasteiger partial charge on any atom is 0.155 e. The SMILES string of the molecule is CN(C)CCCCC(=O)/C=C/c1ccc(CO)cc1. The molecule has 1 aromatic carbocycles. The first-order valence-electron chi connectivity index (χ1n) is 6.67. The minimum atomic E-state index is 0.0504. The molecule has 0 bridgehead atoms. The van der Waals surface area contributed by atoms with Gasteiger partial charge in [-0.2, -0.15) is 0 Å². The lowest BCUT2D eigenvalue weighted by atomic mass is 10.1. The molecule has 0 fully saturated rings. The smallest absolute Gasteiger partial charge is 0.155 e. The molecule has 1 rings (SSSR count). The van der Waals surface area contributed by atoms with Crippen LogP contribution in [-0.2, 0) is 11.4 Å². The van der Waals surface area contributed by atoms with Crippen molar-refractivity contribution in [2.24, 2.45) is 0 Å². The standard InChI is InChI=1S/C16H23NO2/c1-17(2)12-4-3-5-16(19)11-10-14-6-8-15(13-18)9-7-14/h6-11,18H,3-5,12-13H2,1-2H3/b11-10+. The van der Waals surface area contributed by atoms with Gasteiger partial charge in [0.05, 0.1) is 6.61 Å². The van der Waals surface area contributed by atoms with Crippen molar-refractivity contribution in [2.75, 3.05) is 20.6 Å². The van der Waals surface area contributed by atoms with Gasteiger partial charge in [-0.3, -0.25) is 4.79 Å². The Morgan fingerprint density at radius 2 is 1.89 bits per heavy atom. The molecule has 0 aliphatic rings. The van der Waals surface area contributed by atoms with Crippen LogP contribution in [0.1, 0.15) is 30.4 Å². The maximum absolute atomic E-state index is 11.6. The zero-order valence-corrected chi connectivity index (χ0v) is 11.8. The monoisotopic (exact) mass is 261 g/mol. The summed E-state index contributed by atoms with van der Waals surface area (Å²) in [6, 6.07) is 7.53. The fourth-order valence-electron chi connectivity index (χ4n) is 1.73. The van der Waals surface area contributed by atoms with Crippen molar-refractivity contribution in [3.8, 4) is 0 Å². The van der Waals surface area contributed by atoms with E-state index in [0.717, 1.165) is 30.5 Å². The van der Waals surface area contributed by atoms with Gasteiger partial charge in [-0.1, -0.05) is 30.3 Å². The molecular weight excluding hydrogens is 238 g/mol. The summed E-state index contributed by atoms with van der Waals surface area (Å²) in [5.41, 5.74) is 1.87. The molecule has 1 aromatic rings. The molecule has 0 saturated carbocycles. The third-order valence-corrected chi connectivity index (χ3v) is 2.90. The summed E-state index contributed by atoms with van der Waals surface area (Å²) in [7, 11) is 4.08. The largest absolute Gasteiger partial charge is 0.392 e. The van der Waals surface area contributed by atoms with Crippen LogP contribution in [0.5, 0.6) is 0 Å². The van der Waals surface area contributed by atoms with Crippen LogP contribution >= 0.6 is 0 Å². The number of unbranched alkanes of at least 4 members (excludes halogenated alkanes) is 1. The van der Waals surface area contributed by atoms with Crippen molar-refractivity contribution in [3.05, 3.63) is 41.5 Å². The van der Waals surface area contributed by atoms with Crippen molar-refractivity contribution in [2.45, 2.75) is 25.9 Å². The highest BCUT2D eigenvalue weighted by atomic mass is 16.3. The first-order valence-corrected chi connectivity index (χ1v) is 6.67. The summed E-state index contributed by atoms with van der Waals surface area (Å²) in [5.74, 6) is 0.171. The summed E-state index contributed by atoms with van der Waals surface area (Å²) >= 11 is 0. The van der Waals surface area contributed by atoms with Crippen LogP contribution < -0.4 is 0 Å². The lowest BCUT2D eigenvalue weighted by molar-refractivity contribution is -0.114. The molecule has 0 aliphatic carbocycles. The average molecular weight is 261 g/mol. The molecular formula is C16H23NO2. The van der Waals surface area contributed by atoms with Crippen LogP contribution in [-0.4, -0.2) is 36.4 Å². The molecule has 1 N–H and O–H groups in total. The van der Waals surface area contributed by atoms with E-state index in [9.17, 15) is 4.79 Å². The Morgan fingerprint density at radius 1 is 1.21 bits per heavy atom. The Bertz CT molecular complexity index is 407. The fraction of sp³-hybridized carbons (Fsp3) is 0.438. The average Bonchev–Trinajstić information content (AvgIpc) is 2.41. The van der Waals surface area contributed by atoms with E-state index < -0.39 is 0 Å². The Labute approximate surface area is 115 Å². The number of aliphatic hydroxyl groups excluding tert-OH is 1. The quantitative estimate of drug-likeness (QED) is 0.577. The summed E-state index contributed by atoms with van der Waals surface area (Å²) < 4.78 is 0. The van der Waals surface area contributed by atoms with Crippen molar-refractivity contribution in [1.29, 1.82) is 0 Å². The van der Waals surface area contributed by atoms with E-state index in [2.05, 4.69) is 4.90 Å². The highest BCUT2D eigenvalue weighted by Crippen LogP contribution is 2.07. The number of hydrogen-bond donors (Lipinski definition) is 1. The number of rotatable bonds is 8. The zero-order valence-electron chi connectivity index (χ0n) is 11.8. The summed E-state index contributed by atoms with van der Waals surface area (Å²) in [5, 5.41) is 8.93. The van der Waals surface area contributed by atoms with Gasteiger partial charge < -0.3 is 10.0 Å². The molecule has 0 amide bonds. The number of nitrogens with zero attached hydrogens (tertiary/aromatic N) is 1. The lowest BCUT2D eigenvalue weighted by Crippen LogP contribution is -2.12. The predicted molar refractivity (Wildman–Crippen MR) is 78.8 cm³/mol. The van der Waals surface area contributed by atoms with Gasteiger partial charge in [0, 0.05) is 6.42 Å². The van der Waals surface area contributed by atoms with Crippen molar-refractivity contribution >= 4 is 11.9 Å². The van der Waals surface area contributed by atoms with Gasteiger partial charge in [0.15, 0.2) is 5.78 Å². The molecule has 104 valence electrons. The Balaban J connectivity index is 2.32. The Hall–Kier alpha value is -1.45. The van der Waals surface area contributed by atoms with Crippen LogP contribution in [0.2, 0.25) is 0 Å². The van der Waals surface area contributed by atoms with E-state index in [0.29, 0.717) is 6.42 Å². The predicted octanol–water partition coefficient (Wildman–Crippen LogP) is 2.49. The van der Waals surface area contributed by atoms with Gasteiger partial charge in [-0.25, -0.2) is 0 Å². The zero-order chi connectivity index (χ0) is 14.1. The molecule has 0 spiro atoms. The van der Waals surface area contributed by atoms with Crippen molar-refractivity contribution in [1.82, 2.24) is 4.90 Å². The summed E-state index contributed by atoms with van der Waals surface area (Å²) in [6.07, 6.45) is 6.07. The highest BCUT2D eigenvalue weighted by molar-refractivity contribution is 5.93. The van der Waals surface area contributed by atoms with Crippen molar-refractivity contribution in [3.63, 3.8) is 0 Å². The van der Waals surface area contributed by atoms with E-state index in [1.54, 1.807) is 6.08 Å². The van der Waals surface area contributed by atoms with Gasteiger partial charge in [0.25, 0.3) is 0 Å². The second kappa shape index (κ2) is 8.62.